The molecule has 1 heterocycles. The maximum absolute atomic E-state index is 9.13. The van der Waals surface area contributed by atoms with E-state index in [-0.39, 0.29) is 6.61 Å². The van der Waals surface area contributed by atoms with Crippen LogP contribution in [-0.2, 0) is 0 Å². The summed E-state index contributed by atoms with van der Waals surface area (Å²) in [5.41, 5.74) is 5.02. The van der Waals surface area contributed by atoms with Gasteiger partial charge in [-0.2, -0.15) is 0 Å². The minimum atomic E-state index is -0.478. The Hall–Kier alpha value is -0.930. The summed E-state index contributed by atoms with van der Waals surface area (Å²) in [7, 11) is 0. The molecule has 0 fully saturated rings. The highest BCUT2D eigenvalue weighted by Crippen LogP contribution is 2.18. The van der Waals surface area contributed by atoms with Gasteiger partial charge in [0.25, 0.3) is 0 Å². The van der Waals surface area contributed by atoms with E-state index < -0.39 is 11.0 Å². The zero-order chi connectivity index (χ0) is 9.95. The molecule has 0 saturated heterocycles. The average molecular weight is 180 g/mol. The number of aliphatic imine (C=N–C) groups is 1. The number of aliphatic hydroxyl groups excluding tert-OH is 1. The highest BCUT2D eigenvalue weighted by Gasteiger charge is 2.20. The van der Waals surface area contributed by atoms with Gasteiger partial charge in [-0.05, 0) is 19.9 Å². The third-order valence-electron chi connectivity index (χ3n) is 2.05. The molecule has 0 spiro atoms. The van der Waals surface area contributed by atoms with Crippen LogP contribution in [0.4, 0.5) is 0 Å². The molecule has 0 aromatic carbocycles. The predicted octanol–water partition coefficient (Wildman–Crippen LogP) is 0.857. The van der Waals surface area contributed by atoms with Crippen molar-refractivity contribution >= 4 is 6.21 Å². The van der Waals surface area contributed by atoms with Crippen LogP contribution in [0.1, 0.15) is 13.8 Å². The molecule has 0 aliphatic carbocycles. The van der Waals surface area contributed by atoms with E-state index in [1.165, 1.54) is 0 Å². The van der Waals surface area contributed by atoms with E-state index >= 15 is 0 Å². The van der Waals surface area contributed by atoms with Crippen molar-refractivity contribution in [3.8, 4) is 0 Å². The van der Waals surface area contributed by atoms with Crippen molar-refractivity contribution in [3.05, 3.63) is 24.4 Å². The Kier molecular flexibility index (Phi) is 2.68. The van der Waals surface area contributed by atoms with Gasteiger partial charge in [-0.1, -0.05) is 12.2 Å². The van der Waals surface area contributed by atoms with E-state index in [0.717, 1.165) is 0 Å². The first-order chi connectivity index (χ1) is 5.97. The fraction of sp³-hybridized carbons (Fsp3) is 0.500. The van der Waals surface area contributed by atoms with Crippen LogP contribution in [-0.4, -0.2) is 23.5 Å². The van der Waals surface area contributed by atoms with Crippen molar-refractivity contribution in [1.29, 1.82) is 0 Å². The number of nitrogens with two attached hydrogens (primary N) is 1. The Balaban J connectivity index is 2.98. The lowest BCUT2D eigenvalue weighted by Crippen LogP contribution is -2.33. The van der Waals surface area contributed by atoms with E-state index in [1.54, 1.807) is 12.4 Å². The molecular weight excluding hydrogens is 164 g/mol. The molecule has 2 unspecified atom stereocenters. The second kappa shape index (κ2) is 3.44. The zero-order valence-corrected chi connectivity index (χ0v) is 8.07. The Morgan fingerprint density at radius 1 is 1.31 bits per heavy atom. The highest BCUT2D eigenvalue weighted by molar-refractivity contribution is 5.69. The second-order valence-corrected chi connectivity index (χ2v) is 3.96. The summed E-state index contributed by atoms with van der Waals surface area (Å²) in [6.07, 6.45) is 8.97. The first-order valence-electron chi connectivity index (χ1n) is 4.30. The fourth-order valence-electron chi connectivity index (χ4n) is 0.979. The van der Waals surface area contributed by atoms with Crippen molar-refractivity contribution in [2.24, 2.45) is 16.1 Å². The quantitative estimate of drug-likeness (QED) is 0.588. The van der Waals surface area contributed by atoms with Gasteiger partial charge in [-0.15, -0.1) is 0 Å². The third kappa shape index (κ3) is 2.79. The molecule has 1 aliphatic heterocycles. The molecule has 3 nitrogen and oxygen atoms in total. The molecule has 2 atom stereocenters. The van der Waals surface area contributed by atoms with Crippen LogP contribution in [0.5, 0.6) is 0 Å². The van der Waals surface area contributed by atoms with Crippen molar-refractivity contribution in [2.45, 2.75) is 19.4 Å². The summed E-state index contributed by atoms with van der Waals surface area (Å²) < 4.78 is 0. The average Bonchev–Trinajstić information content (AvgIpc) is 2.08. The van der Waals surface area contributed by atoms with E-state index in [2.05, 4.69) is 4.99 Å². The lowest BCUT2D eigenvalue weighted by Gasteiger charge is -2.22. The molecule has 0 amide bonds. The molecule has 1 aliphatic rings. The van der Waals surface area contributed by atoms with Crippen LogP contribution in [0, 0.1) is 5.41 Å². The van der Waals surface area contributed by atoms with E-state index in [1.807, 2.05) is 32.1 Å². The van der Waals surface area contributed by atoms with Gasteiger partial charge in [0, 0.05) is 17.8 Å². The summed E-state index contributed by atoms with van der Waals surface area (Å²) >= 11 is 0. The minimum Gasteiger partial charge on any atom is -0.395 e. The Morgan fingerprint density at radius 2 is 2.00 bits per heavy atom. The molecule has 0 radical (unpaired) electrons. The van der Waals surface area contributed by atoms with Crippen molar-refractivity contribution in [2.75, 3.05) is 6.61 Å². The van der Waals surface area contributed by atoms with Gasteiger partial charge < -0.3 is 10.8 Å². The van der Waals surface area contributed by atoms with Crippen LogP contribution in [0.25, 0.3) is 0 Å². The van der Waals surface area contributed by atoms with Gasteiger partial charge in [-0.3, -0.25) is 4.99 Å². The summed E-state index contributed by atoms with van der Waals surface area (Å²) in [6.45, 7) is 3.83. The molecular formula is C10H16N2O. The van der Waals surface area contributed by atoms with Crippen molar-refractivity contribution < 1.29 is 5.11 Å². The third-order valence-corrected chi connectivity index (χ3v) is 2.05. The lowest BCUT2D eigenvalue weighted by molar-refractivity contribution is 0.234. The highest BCUT2D eigenvalue weighted by atomic mass is 16.3. The van der Waals surface area contributed by atoms with E-state index in [4.69, 9.17) is 10.8 Å². The normalized spacial score (nSPS) is 43.7. The first-order valence-corrected chi connectivity index (χ1v) is 4.30. The number of hydrogen-bond acceptors (Lipinski definition) is 3. The summed E-state index contributed by atoms with van der Waals surface area (Å²) in [4.78, 5) is 4.05. The minimum absolute atomic E-state index is 0.0386. The zero-order valence-electron chi connectivity index (χ0n) is 8.07. The molecule has 1 rings (SSSR count). The van der Waals surface area contributed by atoms with E-state index in [0.29, 0.717) is 0 Å². The van der Waals surface area contributed by atoms with Crippen LogP contribution < -0.4 is 5.73 Å². The molecule has 13 heavy (non-hydrogen) atoms. The lowest BCUT2D eigenvalue weighted by atomic mass is 9.89. The number of nitrogens with zero attached hydrogens (tertiary/aromatic N) is 1. The molecule has 3 N–H and O–H groups in total. The van der Waals surface area contributed by atoms with Gasteiger partial charge in [0.2, 0.25) is 0 Å². The van der Waals surface area contributed by atoms with E-state index in [9.17, 15) is 0 Å². The van der Waals surface area contributed by atoms with Crippen LogP contribution in [0.3, 0.4) is 0 Å². The van der Waals surface area contributed by atoms with Gasteiger partial charge in [-0.25, -0.2) is 0 Å². The van der Waals surface area contributed by atoms with Crippen molar-refractivity contribution in [3.63, 3.8) is 0 Å². The second-order valence-electron chi connectivity index (χ2n) is 3.96. The molecule has 3 heteroatoms. The number of aliphatic hydroxyl groups is 1. The summed E-state index contributed by atoms with van der Waals surface area (Å²) in [6, 6.07) is 0. The van der Waals surface area contributed by atoms with Gasteiger partial charge in [0.15, 0.2) is 0 Å². The van der Waals surface area contributed by atoms with Crippen LogP contribution in [0.15, 0.2) is 29.4 Å². The number of hydrogen-bond donors (Lipinski definition) is 2. The molecule has 0 saturated carbocycles. The van der Waals surface area contributed by atoms with Crippen LogP contribution >= 0.6 is 0 Å². The topological polar surface area (TPSA) is 58.6 Å². The first kappa shape index (κ1) is 10.2. The Labute approximate surface area is 78.7 Å². The Morgan fingerprint density at radius 3 is 2.62 bits per heavy atom. The number of rotatable bonds is 1. The van der Waals surface area contributed by atoms with Gasteiger partial charge in [0.1, 0.15) is 0 Å². The Bertz CT molecular complexity index is 266. The smallest absolute Gasteiger partial charge is 0.0569 e. The largest absolute Gasteiger partial charge is 0.395 e. The maximum Gasteiger partial charge on any atom is 0.0569 e. The summed E-state index contributed by atoms with van der Waals surface area (Å²) in [5, 5.41) is 9.13. The SMILES string of the molecule is CC1(N)/C=C\N=CC(C)(CO)/C=C\1. The van der Waals surface area contributed by atoms with Crippen LogP contribution in [0.2, 0.25) is 0 Å². The molecule has 0 bridgehead atoms. The maximum atomic E-state index is 9.13. The summed E-state index contributed by atoms with van der Waals surface area (Å²) in [5.74, 6) is 0. The van der Waals surface area contributed by atoms with Gasteiger partial charge >= 0.3 is 0 Å². The molecule has 72 valence electrons. The molecule has 0 aromatic heterocycles. The predicted molar refractivity (Wildman–Crippen MR) is 54.6 cm³/mol. The fourth-order valence-corrected chi connectivity index (χ4v) is 0.979. The van der Waals surface area contributed by atoms with Crippen molar-refractivity contribution in [1.82, 2.24) is 0 Å². The molecule has 0 aromatic rings. The van der Waals surface area contributed by atoms with Gasteiger partial charge in [0.05, 0.1) is 12.1 Å². The standard InChI is InChI=1S/C10H16N2O/c1-9(8-13)3-4-10(2,11)5-6-12-7-9/h3-7,13H,8,11H2,1-2H3/b4-3-,6-5-,12-7?. The monoisotopic (exact) mass is 180 g/mol.